The molecule has 42 heavy (non-hydrogen) atoms. The molecule has 0 atom stereocenters. The summed E-state index contributed by atoms with van der Waals surface area (Å²) in [6, 6.07) is 4.36. The molecule has 4 aromatic heterocycles. The van der Waals surface area contributed by atoms with Crippen LogP contribution < -0.4 is 0 Å². The Morgan fingerprint density at radius 1 is 1.07 bits per heavy atom. The van der Waals surface area contributed by atoms with E-state index < -0.39 is 0 Å². The second kappa shape index (κ2) is 11.5. The van der Waals surface area contributed by atoms with E-state index in [1.54, 1.807) is 0 Å². The van der Waals surface area contributed by atoms with Crippen LogP contribution in [-0.2, 0) is 6.42 Å². The smallest absolute Gasteiger partial charge is 0.181 e. The van der Waals surface area contributed by atoms with Crippen LogP contribution in [0.2, 0.25) is 0 Å². The average Bonchev–Trinajstić information content (AvgIpc) is 3.59. The number of imidazole rings is 1. The Hall–Kier alpha value is -4.30. The number of fused-ring (bicyclic) bond motifs is 1. The third-order valence-electron chi connectivity index (χ3n) is 8.36. The van der Waals surface area contributed by atoms with Crippen LogP contribution >= 0.6 is 0 Å². The summed E-state index contributed by atoms with van der Waals surface area (Å²) in [7, 11) is 2.16. The van der Waals surface area contributed by atoms with Gasteiger partial charge in [0.05, 0.1) is 11.1 Å². The molecule has 2 aliphatic rings. The molecule has 1 fully saturated rings. The Kier molecular flexibility index (Phi) is 7.64. The van der Waals surface area contributed by atoms with Crippen molar-refractivity contribution in [3.63, 3.8) is 0 Å². The summed E-state index contributed by atoms with van der Waals surface area (Å²) in [5, 5.41) is 8.59. The normalized spacial score (nSPS) is 17.6. The standard InChI is InChI=1S/C34H40N8/c1-6-7-29(42-16-14-41(5)15-17-42)30-23(2)37-33(38-30)31-28-19-27(22-36-32(28)40-39-31)26-18-25(20-35-21-26)9-8-24-10-12-34(3,4)13-11-24/h6-7,10-12,18-22H,1,8-9,13-17H2,2-5H3,(H,37,38)(H,36,39,40)/b29-7+. The summed E-state index contributed by atoms with van der Waals surface area (Å²) >= 11 is 0. The summed E-state index contributed by atoms with van der Waals surface area (Å²) in [4.78, 5) is 22.5. The van der Waals surface area contributed by atoms with Gasteiger partial charge >= 0.3 is 0 Å². The molecule has 1 aliphatic carbocycles. The highest BCUT2D eigenvalue weighted by molar-refractivity contribution is 5.92. The predicted molar refractivity (Wildman–Crippen MR) is 171 cm³/mol. The molecule has 2 N–H and O–H groups in total. The maximum Gasteiger partial charge on any atom is 0.181 e. The van der Waals surface area contributed by atoms with E-state index in [4.69, 9.17) is 4.98 Å². The fraction of sp³-hybridized carbons (Fsp3) is 0.353. The van der Waals surface area contributed by atoms with Crippen molar-refractivity contribution < 1.29 is 0 Å². The molecular formula is C34H40N8. The van der Waals surface area contributed by atoms with Gasteiger partial charge in [-0.1, -0.05) is 50.3 Å². The van der Waals surface area contributed by atoms with Crippen molar-refractivity contribution >= 4 is 16.7 Å². The lowest BCUT2D eigenvalue weighted by Crippen LogP contribution is -2.43. The van der Waals surface area contributed by atoms with Crippen LogP contribution in [-0.4, -0.2) is 73.2 Å². The van der Waals surface area contributed by atoms with Crippen LogP contribution in [0, 0.1) is 12.3 Å². The van der Waals surface area contributed by atoms with Gasteiger partial charge < -0.3 is 14.8 Å². The number of likely N-dealkylation sites (N-methyl/N-ethyl adjacent to an activating group) is 1. The molecular weight excluding hydrogens is 520 g/mol. The lowest BCUT2D eigenvalue weighted by Gasteiger charge is -2.35. The third-order valence-corrected chi connectivity index (χ3v) is 8.36. The number of hydrogen-bond acceptors (Lipinski definition) is 6. The highest BCUT2D eigenvalue weighted by atomic mass is 15.3. The van der Waals surface area contributed by atoms with Crippen molar-refractivity contribution in [3.8, 4) is 22.6 Å². The number of nitrogens with zero attached hydrogens (tertiary/aromatic N) is 6. The molecule has 6 rings (SSSR count). The number of rotatable bonds is 8. The third kappa shape index (κ3) is 5.85. The number of aryl methyl sites for hydroxylation is 2. The van der Waals surface area contributed by atoms with Gasteiger partial charge in [0.25, 0.3) is 0 Å². The van der Waals surface area contributed by atoms with Gasteiger partial charge in [0, 0.05) is 61.6 Å². The van der Waals surface area contributed by atoms with Gasteiger partial charge in [-0.3, -0.25) is 10.1 Å². The maximum absolute atomic E-state index is 5.06. The monoisotopic (exact) mass is 560 g/mol. The number of allylic oxidation sites excluding steroid dienone is 6. The van der Waals surface area contributed by atoms with Crippen LogP contribution in [0.25, 0.3) is 39.4 Å². The minimum atomic E-state index is 0.258. The molecule has 0 unspecified atom stereocenters. The van der Waals surface area contributed by atoms with Crippen LogP contribution in [0.4, 0.5) is 0 Å². The van der Waals surface area contributed by atoms with E-state index in [-0.39, 0.29) is 5.41 Å². The van der Waals surface area contributed by atoms with Gasteiger partial charge in [-0.25, -0.2) is 9.97 Å². The van der Waals surface area contributed by atoms with Crippen molar-refractivity contribution in [1.29, 1.82) is 0 Å². The SMILES string of the molecule is C=C/C=C(\c1nc(-c2[nH]nc3ncc(-c4cncc(CCC5=CCC(C)(C)C=C5)c4)cc23)[nH]c1C)N1CCN(C)CC1. The highest BCUT2D eigenvalue weighted by Crippen LogP contribution is 2.32. The fourth-order valence-electron chi connectivity index (χ4n) is 5.68. The average molecular weight is 561 g/mol. The van der Waals surface area contributed by atoms with E-state index in [2.05, 4.69) is 106 Å². The number of pyridine rings is 2. The molecule has 4 aromatic rings. The molecule has 216 valence electrons. The minimum Gasteiger partial charge on any atom is -0.367 e. The second-order valence-corrected chi connectivity index (χ2v) is 12.2. The molecule has 8 nitrogen and oxygen atoms in total. The minimum absolute atomic E-state index is 0.258. The number of hydrogen-bond donors (Lipinski definition) is 2. The Balaban J connectivity index is 1.26. The summed E-state index contributed by atoms with van der Waals surface area (Å²) < 4.78 is 0. The molecule has 0 amide bonds. The Labute approximate surface area is 248 Å². The van der Waals surface area contributed by atoms with Gasteiger partial charge in [0.1, 0.15) is 11.4 Å². The number of aromatic nitrogens is 6. The summed E-state index contributed by atoms with van der Waals surface area (Å²) in [5.41, 5.74) is 9.45. The van der Waals surface area contributed by atoms with Crippen molar-refractivity contribution in [2.45, 2.75) is 40.0 Å². The van der Waals surface area contributed by atoms with E-state index in [9.17, 15) is 0 Å². The lowest BCUT2D eigenvalue weighted by atomic mass is 9.83. The first-order valence-electron chi connectivity index (χ1n) is 14.8. The van der Waals surface area contributed by atoms with Gasteiger partial charge in [0.2, 0.25) is 0 Å². The molecule has 0 aromatic carbocycles. The van der Waals surface area contributed by atoms with Crippen LogP contribution in [0.3, 0.4) is 0 Å². The van der Waals surface area contributed by atoms with E-state index in [0.717, 1.165) is 90.6 Å². The second-order valence-electron chi connectivity index (χ2n) is 12.2. The Morgan fingerprint density at radius 2 is 1.88 bits per heavy atom. The van der Waals surface area contributed by atoms with Crippen LogP contribution in [0.15, 0.2) is 73.3 Å². The topological polar surface area (TPSA) is 89.6 Å². The number of aromatic amines is 2. The van der Waals surface area contributed by atoms with Gasteiger partial charge in [-0.15, -0.1) is 0 Å². The van der Waals surface area contributed by atoms with E-state index in [1.165, 1.54) is 11.1 Å². The quantitative estimate of drug-likeness (QED) is 0.245. The molecule has 0 bridgehead atoms. The highest BCUT2D eigenvalue weighted by Gasteiger charge is 2.23. The maximum atomic E-state index is 5.06. The van der Waals surface area contributed by atoms with Gasteiger partial charge in [-0.2, -0.15) is 5.10 Å². The first-order chi connectivity index (χ1) is 20.3. The van der Waals surface area contributed by atoms with Crippen LogP contribution in [0.5, 0.6) is 0 Å². The zero-order chi connectivity index (χ0) is 29.3. The Bertz CT molecular complexity index is 1690. The first kappa shape index (κ1) is 27.8. The first-order valence-corrected chi connectivity index (χ1v) is 14.8. The van der Waals surface area contributed by atoms with Crippen molar-refractivity contribution in [2.24, 2.45) is 5.41 Å². The fourth-order valence-corrected chi connectivity index (χ4v) is 5.68. The Morgan fingerprint density at radius 3 is 2.64 bits per heavy atom. The summed E-state index contributed by atoms with van der Waals surface area (Å²) in [6.07, 6.45) is 19.7. The van der Waals surface area contributed by atoms with Gasteiger partial charge in [-0.05, 0) is 62.4 Å². The molecule has 5 heterocycles. The number of H-pyrrole nitrogens is 2. The molecule has 0 spiro atoms. The number of nitrogens with one attached hydrogen (secondary N) is 2. The van der Waals surface area contributed by atoms with E-state index in [1.807, 2.05) is 24.7 Å². The van der Waals surface area contributed by atoms with E-state index in [0.29, 0.717) is 5.65 Å². The zero-order valence-electron chi connectivity index (χ0n) is 25.1. The molecule has 8 heteroatoms. The lowest BCUT2D eigenvalue weighted by molar-refractivity contribution is 0.207. The summed E-state index contributed by atoms with van der Waals surface area (Å²) in [5.74, 6) is 0.747. The van der Waals surface area contributed by atoms with Crippen molar-refractivity contribution in [2.75, 3.05) is 33.2 Å². The molecule has 0 saturated carbocycles. The zero-order valence-corrected chi connectivity index (χ0v) is 25.1. The molecule has 1 aliphatic heterocycles. The van der Waals surface area contributed by atoms with E-state index >= 15 is 0 Å². The van der Waals surface area contributed by atoms with Gasteiger partial charge in [0.15, 0.2) is 11.5 Å². The molecule has 1 saturated heterocycles. The molecule has 0 radical (unpaired) electrons. The van der Waals surface area contributed by atoms with Crippen LogP contribution in [0.1, 0.15) is 43.6 Å². The van der Waals surface area contributed by atoms with Crippen molar-refractivity contribution in [1.82, 2.24) is 39.9 Å². The van der Waals surface area contributed by atoms with Crippen molar-refractivity contribution in [3.05, 3.63) is 90.2 Å². The number of piperazine rings is 1. The summed E-state index contributed by atoms with van der Waals surface area (Å²) in [6.45, 7) is 14.5. The largest absolute Gasteiger partial charge is 0.367 e. The predicted octanol–water partition coefficient (Wildman–Crippen LogP) is 6.34.